The number of ether oxygens (including phenoxy) is 1. The SMILES string of the molecule is CN[C@@H]1C[C@@]23Oc4c(cc(Br)c5c4CNC5=O)C[C@]2(C)[C@@H](C)CC[C@H]3C(C)(C)[C@H]1Br. The van der Waals surface area contributed by atoms with Gasteiger partial charge in [0.2, 0.25) is 0 Å². The molecule has 5 rings (SSSR count). The fraction of sp³-hybridized carbons (Fsp3) is 0.708. The molecule has 0 radical (unpaired) electrons. The maximum Gasteiger partial charge on any atom is 0.253 e. The molecule has 1 aromatic carbocycles. The summed E-state index contributed by atoms with van der Waals surface area (Å²) in [6.45, 7) is 10.3. The van der Waals surface area contributed by atoms with E-state index in [0.29, 0.717) is 29.2 Å². The standard InChI is InChI=1S/C24H32Br2N2O2/c1-12-6-7-17-22(2,3)20(26)16(27-5)10-24(17)23(12,4)9-13-8-15(25)18-14(19(13)30-24)11-28-21(18)29/h8,12,16-17,20,27H,6-7,9-11H2,1-5H3,(H,28,29)/t12-,16+,17-,20-,23+,24-/m0/s1. The molecule has 2 fully saturated rings. The van der Waals surface area contributed by atoms with Gasteiger partial charge in [0, 0.05) is 45.2 Å². The molecule has 2 aliphatic carbocycles. The Morgan fingerprint density at radius 3 is 2.70 bits per heavy atom. The predicted molar refractivity (Wildman–Crippen MR) is 126 cm³/mol. The van der Waals surface area contributed by atoms with Gasteiger partial charge in [-0.2, -0.15) is 0 Å². The minimum Gasteiger partial charge on any atom is -0.486 e. The Morgan fingerprint density at radius 2 is 2.00 bits per heavy atom. The van der Waals surface area contributed by atoms with Crippen LogP contribution in [0.4, 0.5) is 0 Å². The van der Waals surface area contributed by atoms with E-state index in [1.807, 2.05) is 0 Å². The lowest BCUT2D eigenvalue weighted by atomic mass is 9.43. The lowest BCUT2D eigenvalue weighted by molar-refractivity contribution is -0.213. The van der Waals surface area contributed by atoms with Crippen LogP contribution in [0.1, 0.15) is 68.4 Å². The fourth-order valence-corrected chi connectivity index (χ4v) is 8.79. The molecule has 1 amide bonds. The van der Waals surface area contributed by atoms with Crippen molar-refractivity contribution in [3.05, 3.63) is 27.2 Å². The molecule has 30 heavy (non-hydrogen) atoms. The predicted octanol–water partition coefficient (Wildman–Crippen LogP) is 5.20. The largest absolute Gasteiger partial charge is 0.486 e. The number of amides is 1. The van der Waals surface area contributed by atoms with Gasteiger partial charge in [-0.1, -0.05) is 43.6 Å². The average molecular weight is 540 g/mol. The monoisotopic (exact) mass is 538 g/mol. The molecule has 0 aromatic heterocycles. The zero-order valence-electron chi connectivity index (χ0n) is 18.5. The number of benzene rings is 1. The highest BCUT2D eigenvalue weighted by Gasteiger charge is 2.69. The molecule has 2 saturated carbocycles. The van der Waals surface area contributed by atoms with Crippen LogP contribution in [-0.2, 0) is 13.0 Å². The van der Waals surface area contributed by atoms with E-state index in [0.717, 1.165) is 34.2 Å². The van der Waals surface area contributed by atoms with Crippen molar-refractivity contribution in [2.24, 2.45) is 22.7 Å². The molecular formula is C24H32Br2N2O2. The third-order valence-electron chi connectivity index (χ3n) is 9.26. The third-order valence-corrected chi connectivity index (χ3v) is 11.7. The second-order valence-electron chi connectivity index (χ2n) is 10.8. The van der Waals surface area contributed by atoms with Gasteiger partial charge in [-0.25, -0.2) is 0 Å². The highest BCUT2D eigenvalue weighted by Crippen LogP contribution is 2.67. The van der Waals surface area contributed by atoms with Gasteiger partial charge >= 0.3 is 0 Å². The Morgan fingerprint density at radius 1 is 1.27 bits per heavy atom. The van der Waals surface area contributed by atoms with Gasteiger partial charge in [-0.3, -0.25) is 4.79 Å². The molecule has 2 aliphatic heterocycles. The van der Waals surface area contributed by atoms with Gasteiger partial charge < -0.3 is 15.4 Å². The van der Waals surface area contributed by atoms with Crippen molar-refractivity contribution in [3.8, 4) is 5.75 Å². The van der Waals surface area contributed by atoms with Gasteiger partial charge in [0.25, 0.3) is 5.91 Å². The summed E-state index contributed by atoms with van der Waals surface area (Å²) < 4.78 is 8.18. The molecule has 2 N–H and O–H groups in total. The Labute approximate surface area is 196 Å². The van der Waals surface area contributed by atoms with Crippen LogP contribution in [0.5, 0.6) is 5.75 Å². The second kappa shape index (κ2) is 6.71. The smallest absolute Gasteiger partial charge is 0.253 e. The van der Waals surface area contributed by atoms with E-state index in [9.17, 15) is 4.79 Å². The van der Waals surface area contributed by atoms with E-state index in [1.165, 1.54) is 18.4 Å². The summed E-state index contributed by atoms with van der Waals surface area (Å²) in [5, 5.41) is 6.60. The Hall–Kier alpha value is -0.590. The number of halogens is 2. The molecular weight excluding hydrogens is 508 g/mol. The molecule has 1 aromatic rings. The van der Waals surface area contributed by atoms with Crippen molar-refractivity contribution in [3.63, 3.8) is 0 Å². The van der Waals surface area contributed by atoms with Crippen LogP contribution in [-0.4, -0.2) is 29.4 Å². The van der Waals surface area contributed by atoms with Gasteiger partial charge in [-0.15, -0.1) is 0 Å². The maximum absolute atomic E-state index is 12.5. The molecule has 1 spiro atoms. The normalized spacial score (nSPS) is 41.1. The van der Waals surface area contributed by atoms with Gasteiger partial charge in [0.1, 0.15) is 11.4 Å². The summed E-state index contributed by atoms with van der Waals surface area (Å²) >= 11 is 7.73. The molecule has 6 atom stereocenters. The molecule has 0 bridgehead atoms. The lowest BCUT2D eigenvalue weighted by Crippen LogP contribution is -2.73. The first-order valence-electron chi connectivity index (χ1n) is 11.2. The van der Waals surface area contributed by atoms with E-state index in [2.05, 4.69) is 83.3 Å². The van der Waals surface area contributed by atoms with E-state index < -0.39 is 0 Å². The quantitative estimate of drug-likeness (QED) is 0.482. The number of hydrogen-bond acceptors (Lipinski definition) is 3. The molecule has 0 saturated heterocycles. The fourth-order valence-electron chi connectivity index (χ4n) is 7.32. The number of hydrogen-bond donors (Lipinski definition) is 2. The number of rotatable bonds is 1. The lowest BCUT2D eigenvalue weighted by Gasteiger charge is -2.68. The summed E-state index contributed by atoms with van der Waals surface area (Å²) in [5.74, 6) is 2.01. The first-order chi connectivity index (χ1) is 14.1. The zero-order chi connectivity index (χ0) is 21.6. The topological polar surface area (TPSA) is 50.4 Å². The Bertz CT molecular complexity index is 932. The van der Waals surface area contributed by atoms with Crippen molar-refractivity contribution >= 4 is 37.8 Å². The highest BCUT2D eigenvalue weighted by molar-refractivity contribution is 9.10. The van der Waals surface area contributed by atoms with Crippen molar-refractivity contribution in [1.29, 1.82) is 0 Å². The van der Waals surface area contributed by atoms with E-state index in [1.54, 1.807) is 0 Å². The first kappa shape index (κ1) is 21.3. The van der Waals surface area contributed by atoms with Crippen molar-refractivity contribution in [2.75, 3.05) is 7.05 Å². The summed E-state index contributed by atoms with van der Waals surface area (Å²) in [6.07, 6.45) is 4.41. The number of nitrogens with one attached hydrogen (secondary N) is 2. The third kappa shape index (κ3) is 2.50. The zero-order valence-corrected chi connectivity index (χ0v) is 21.7. The minimum atomic E-state index is -0.244. The van der Waals surface area contributed by atoms with Gasteiger partial charge in [0.05, 0.1) is 5.56 Å². The van der Waals surface area contributed by atoms with Crippen LogP contribution in [0.15, 0.2) is 10.5 Å². The molecule has 4 nitrogen and oxygen atoms in total. The van der Waals surface area contributed by atoms with E-state index in [4.69, 9.17) is 4.74 Å². The summed E-state index contributed by atoms with van der Waals surface area (Å²) in [7, 11) is 2.07. The summed E-state index contributed by atoms with van der Waals surface area (Å²) in [6, 6.07) is 2.48. The number of carbonyl (C=O) groups is 1. The molecule has 6 heteroatoms. The summed E-state index contributed by atoms with van der Waals surface area (Å²) in [5.41, 5.74) is 2.94. The minimum absolute atomic E-state index is 0.000250. The van der Waals surface area contributed by atoms with Crippen LogP contribution >= 0.6 is 31.9 Å². The average Bonchev–Trinajstić information content (AvgIpc) is 3.07. The Kier molecular flexibility index (Phi) is 4.75. The van der Waals surface area contributed by atoms with Crippen LogP contribution in [0.2, 0.25) is 0 Å². The number of fused-ring (bicyclic) bond motifs is 3. The van der Waals surface area contributed by atoms with Crippen molar-refractivity contribution in [2.45, 2.75) is 76.4 Å². The van der Waals surface area contributed by atoms with Crippen LogP contribution in [0, 0.1) is 22.7 Å². The number of carbonyl (C=O) groups excluding carboxylic acids is 1. The highest BCUT2D eigenvalue weighted by atomic mass is 79.9. The molecule has 0 unspecified atom stereocenters. The van der Waals surface area contributed by atoms with E-state index >= 15 is 0 Å². The van der Waals surface area contributed by atoms with Gasteiger partial charge in [-0.05, 0) is 65.2 Å². The first-order valence-corrected chi connectivity index (χ1v) is 12.9. The summed E-state index contributed by atoms with van der Waals surface area (Å²) in [4.78, 5) is 12.9. The van der Waals surface area contributed by atoms with Crippen LogP contribution in [0.3, 0.4) is 0 Å². The van der Waals surface area contributed by atoms with Crippen LogP contribution in [0.25, 0.3) is 0 Å². The Balaban J connectivity index is 1.74. The second-order valence-corrected chi connectivity index (χ2v) is 12.7. The maximum atomic E-state index is 12.5. The van der Waals surface area contributed by atoms with Crippen molar-refractivity contribution < 1.29 is 9.53 Å². The molecule has 164 valence electrons. The van der Waals surface area contributed by atoms with E-state index in [-0.39, 0.29) is 22.3 Å². The molecule has 4 aliphatic rings. The van der Waals surface area contributed by atoms with Gasteiger partial charge in [0.15, 0.2) is 0 Å². The van der Waals surface area contributed by atoms with Crippen molar-refractivity contribution in [1.82, 2.24) is 10.6 Å². The van der Waals surface area contributed by atoms with Crippen LogP contribution < -0.4 is 15.4 Å². The molecule has 2 heterocycles. The number of alkyl halides is 1.